The van der Waals surface area contributed by atoms with Crippen molar-refractivity contribution in [1.82, 2.24) is 0 Å². The highest BCUT2D eigenvalue weighted by Gasteiger charge is 2.50. The first kappa shape index (κ1) is 9.22. The molecule has 1 fully saturated rings. The van der Waals surface area contributed by atoms with Gasteiger partial charge in [-0.1, -0.05) is 12.2 Å². The summed E-state index contributed by atoms with van der Waals surface area (Å²) < 4.78 is 11.7. The Kier molecular flexibility index (Phi) is 2.20. The van der Waals surface area contributed by atoms with E-state index in [4.69, 9.17) is 9.47 Å². The van der Waals surface area contributed by atoms with E-state index in [1.807, 2.05) is 0 Å². The van der Waals surface area contributed by atoms with Crippen LogP contribution in [0, 0.1) is 0 Å². The standard InChI is InChI=1S/C11H18O2/c1-10(2)11(7-9-12-10)6-4-3-5-8-13-11/h3,5H,4,6-9H2,1-2H3. The quantitative estimate of drug-likeness (QED) is 0.535. The van der Waals surface area contributed by atoms with Crippen LogP contribution in [0.2, 0.25) is 0 Å². The molecular formula is C11H18O2. The Morgan fingerprint density at radius 2 is 1.92 bits per heavy atom. The molecule has 2 aliphatic heterocycles. The Hall–Kier alpha value is -0.340. The van der Waals surface area contributed by atoms with E-state index >= 15 is 0 Å². The van der Waals surface area contributed by atoms with Crippen molar-refractivity contribution in [2.75, 3.05) is 13.2 Å². The van der Waals surface area contributed by atoms with E-state index in [2.05, 4.69) is 26.0 Å². The maximum absolute atomic E-state index is 5.95. The molecule has 1 saturated heterocycles. The van der Waals surface area contributed by atoms with Gasteiger partial charge in [-0.2, -0.15) is 0 Å². The zero-order valence-corrected chi connectivity index (χ0v) is 8.51. The first-order chi connectivity index (χ1) is 6.16. The lowest BCUT2D eigenvalue weighted by atomic mass is 9.81. The van der Waals surface area contributed by atoms with Crippen molar-refractivity contribution in [2.24, 2.45) is 0 Å². The van der Waals surface area contributed by atoms with Gasteiger partial charge in [-0.15, -0.1) is 0 Å². The maximum atomic E-state index is 5.95. The van der Waals surface area contributed by atoms with Crippen molar-refractivity contribution in [1.29, 1.82) is 0 Å². The van der Waals surface area contributed by atoms with Gasteiger partial charge in [-0.3, -0.25) is 0 Å². The van der Waals surface area contributed by atoms with E-state index in [1.54, 1.807) is 0 Å². The molecule has 0 aromatic carbocycles. The van der Waals surface area contributed by atoms with Crippen LogP contribution in [0.3, 0.4) is 0 Å². The molecule has 74 valence electrons. The average Bonchev–Trinajstić information content (AvgIpc) is 2.29. The second kappa shape index (κ2) is 3.10. The predicted molar refractivity (Wildman–Crippen MR) is 51.7 cm³/mol. The van der Waals surface area contributed by atoms with Crippen LogP contribution in [0.25, 0.3) is 0 Å². The van der Waals surface area contributed by atoms with Crippen molar-refractivity contribution in [3.05, 3.63) is 12.2 Å². The lowest BCUT2D eigenvalue weighted by Crippen LogP contribution is -2.48. The topological polar surface area (TPSA) is 18.5 Å². The summed E-state index contributed by atoms with van der Waals surface area (Å²) in [7, 11) is 0. The van der Waals surface area contributed by atoms with Crippen molar-refractivity contribution in [3.63, 3.8) is 0 Å². The summed E-state index contributed by atoms with van der Waals surface area (Å²) >= 11 is 0. The van der Waals surface area contributed by atoms with Gasteiger partial charge in [-0.05, 0) is 26.7 Å². The minimum absolute atomic E-state index is 0.0312. The monoisotopic (exact) mass is 182 g/mol. The fraction of sp³-hybridized carbons (Fsp3) is 0.818. The highest BCUT2D eigenvalue weighted by atomic mass is 16.6. The number of hydrogen-bond donors (Lipinski definition) is 0. The van der Waals surface area contributed by atoms with Gasteiger partial charge >= 0.3 is 0 Å². The fourth-order valence-corrected chi connectivity index (χ4v) is 2.36. The molecule has 1 spiro atoms. The highest BCUT2D eigenvalue weighted by molar-refractivity contribution is 5.04. The van der Waals surface area contributed by atoms with Crippen LogP contribution in [0.5, 0.6) is 0 Å². The summed E-state index contributed by atoms with van der Waals surface area (Å²) in [5.74, 6) is 0. The Morgan fingerprint density at radius 3 is 2.62 bits per heavy atom. The predicted octanol–water partition coefficient (Wildman–Crippen LogP) is 2.29. The summed E-state index contributed by atoms with van der Waals surface area (Å²) in [5.41, 5.74) is -0.143. The molecule has 0 saturated carbocycles. The molecule has 0 N–H and O–H groups in total. The molecule has 0 aromatic rings. The van der Waals surface area contributed by atoms with E-state index in [-0.39, 0.29) is 11.2 Å². The molecule has 13 heavy (non-hydrogen) atoms. The van der Waals surface area contributed by atoms with Gasteiger partial charge < -0.3 is 9.47 Å². The maximum Gasteiger partial charge on any atom is 0.0994 e. The fourth-order valence-electron chi connectivity index (χ4n) is 2.36. The van der Waals surface area contributed by atoms with E-state index in [0.717, 1.165) is 32.5 Å². The van der Waals surface area contributed by atoms with Crippen molar-refractivity contribution in [3.8, 4) is 0 Å². The van der Waals surface area contributed by atoms with E-state index in [1.165, 1.54) is 0 Å². The zero-order chi connectivity index (χ0) is 9.36. The molecule has 0 bridgehead atoms. The van der Waals surface area contributed by atoms with Gasteiger partial charge in [0.1, 0.15) is 0 Å². The Balaban J connectivity index is 2.18. The molecular weight excluding hydrogens is 164 g/mol. The molecule has 2 heteroatoms. The Bertz CT molecular complexity index is 208. The average molecular weight is 182 g/mol. The summed E-state index contributed by atoms with van der Waals surface area (Å²) in [4.78, 5) is 0. The van der Waals surface area contributed by atoms with Gasteiger partial charge in [0.05, 0.1) is 24.4 Å². The summed E-state index contributed by atoms with van der Waals surface area (Å²) in [6.45, 7) is 5.87. The van der Waals surface area contributed by atoms with Crippen LogP contribution in [0.15, 0.2) is 12.2 Å². The third-order valence-electron chi connectivity index (χ3n) is 3.40. The van der Waals surface area contributed by atoms with Crippen LogP contribution < -0.4 is 0 Å². The van der Waals surface area contributed by atoms with Crippen molar-refractivity contribution >= 4 is 0 Å². The molecule has 0 aliphatic carbocycles. The smallest absolute Gasteiger partial charge is 0.0994 e. The molecule has 2 rings (SSSR count). The lowest BCUT2D eigenvalue weighted by Gasteiger charge is -2.38. The van der Waals surface area contributed by atoms with E-state index in [0.29, 0.717) is 0 Å². The molecule has 1 unspecified atom stereocenters. The van der Waals surface area contributed by atoms with Crippen LogP contribution in [-0.4, -0.2) is 24.4 Å². The largest absolute Gasteiger partial charge is 0.372 e. The minimum Gasteiger partial charge on any atom is -0.372 e. The van der Waals surface area contributed by atoms with Gasteiger partial charge in [-0.25, -0.2) is 0 Å². The van der Waals surface area contributed by atoms with Crippen LogP contribution >= 0.6 is 0 Å². The third kappa shape index (κ3) is 1.42. The van der Waals surface area contributed by atoms with E-state index < -0.39 is 0 Å². The van der Waals surface area contributed by atoms with Crippen LogP contribution in [0.4, 0.5) is 0 Å². The van der Waals surface area contributed by atoms with Crippen molar-refractivity contribution < 1.29 is 9.47 Å². The molecule has 0 radical (unpaired) electrons. The second-order valence-corrected chi connectivity index (χ2v) is 4.42. The lowest BCUT2D eigenvalue weighted by molar-refractivity contribution is -0.131. The molecule has 1 atom stereocenters. The molecule has 2 aliphatic rings. The van der Waals surface area contributed by atoms with Crippen molar-refractivity contribution in [2.45, 2.75) is 44.3 Å². The Morgan fingerprint density at radius 1 is 1.08 bits per heavy atom. The molecule has 0 aromatic heterocycles. The summed E-state index contributed by atoms with van der Waals surface area (Å²) in [5, 5.41) is 0. The molecule has 2 nitrogen and oxygen atoms in total. The van der Waals surface area contributed by atoms with Gasteiger partial charge in [0.2, 0.25) is 0 Å². The molecule has 0 amide bonds. The minimum atomic E-state index is -0.112. The Labute approximate surface area is 79.9 Å². The second-order valence-electron chi connectivity index (χ2n) is 4.42. The zero-order valence-electron chi connectivity index (χ0n) is 8.51. The first-order valence-electron chi connectivity index (χ1n) is 5.09. The SMILES string of the molecule is CC1(C)OCCC12CCC=CCO2. The number of allylic oxidation sites excluding steroid dienone is 1. The van der Waals surface area contributed by atoms with Crippen LogP contribution in [-0.2, 0) is 9.47 Å². The third-order valence-corrected chi connectivity index (χ3v) is 3.40. The summed E-state index contributed by atoms with van der Waals surface area (Å²) in [6.07, 6.45) is 7.58. The summed E-state index contributed by atoms with van der Waals surface area (Å²) in [6, 6.07) is 0. The van der Waals surface area contributed by atoms with Gasteiger partial charge in [0.15, 0.2) is 0 Å². The molecule has 2 heterocycles. The van der Waals surface area contributed by atoms with Gasteiger partial charge in [0.25, 0.3) is 0 Å². The normalized spacial score (nSPS) is 38.0. The van der Waals surface area contributed by atoms with E-state index in [9.17, 15) is 0 Å². The number of ether oxygens (including phenoxy) is 2. The first-order valence-corrected chi connectivity index (χ1v) is 5.09. The number of rotatable bonds is 0. The van der Waals surface area contributed by atoms with Crippen LogP contribution in [0.1, 0.15) is 33.1 Å². The highest BCUT2D eigenvalue weighted by Crippen LogP contribution is 2.42. The number of hydrogen-bond acceptors (Lipinski definition) is 2. The van der Waals surface area contributed by atoms with Gasteiger partial charge in [0, 0.05) is 6.42 Å².